The van der Waals surface area contributed by atoms with Gasteiger partial charge in [0, 0.05) is 17.8 Å². The zero-order chi connectivity index (χ0) is 20.1. The average Bonchev–Trinajstić information content (AvgIpc) is 3.22. The Bertz CT molecular complexity index is 930. The van der Waals surface area contributed by atoms with Crippen molar-refractivity contribution >= 4 is 34.1 Å². The fraction of sp³-hybridized carbons (Fsp3) is 0.368. The number of aromatic nitrogens is 4. The Morgan fingerprint density at radius 3 is 2.61 bits per heavy atom. The fourth-order valence-electron chi connectivity index (χ4n) is 2.61. The maximum Gasteiger partial charge on any atom is 0.236 e. The van der Waals surface area contributed by atoms with Crippen molar-refractivity contribution in [2.24, 2.45) is 0 Å². The predicted molar refractivity (Wildman–Crippen MR) is 112 cm³/mol. The highest BCUT2D eigenvalue weighted by atomic mass is 32.2. The van der Waals surface area contributed by atoms with Crippen molar-refractivity contribution < 1.29 is 9.53 Å². The number of nitrogens with one attached hydrogen (secondary N) is 1. The molecule has 0 bridgehead atoms. The molecule has 3 rings (SSSR count). The summed E-state index contributed by atoms with van der Waals surface area (Å²) < 4.78 is 7.24. The van der Waals surface area contributed by atoms with Gasteiger partial charge in [-0.05, 0) is 38.5 Å². The lowest BCUT2D eigenvalue weighted by atomic mass is 10.1. The molecule has 1 amide bonds. The zero-order valence-electron chi connectivity index (χ0n) is 16.4. The highest BCUT2D eigenvalue weighted by Crippen LogP contribution is 2.23. The summed E-state index contributed by atoms with van der Waals surface area (Å²) in [4.78, 5) is 17.7. The van der Waals surface area contributed by atoms with E-state index >= 15 is 0 Å². The summed E-state index contributed by atoms with van der Waals surface area (Å²) in [5, 5.41) is 12.8. The number of carbonyl (C=O) groups excluding carboxylic acids is 1. The van der Waals surface area contributed by atoms with Crippen molar-refractivity contribution in [2.45, 2.75) is 38.9 Å². The van der Waals surface area contributed by atoms with E-state index in [9.17, 15) is 4.79 Å². The number of ether oxygens (including phenoxy) is 1. The van der Waals surface area contributed by atoms with Gasteiger partial charge in [-0.15, -0.1) is 21.5 Å². The van der Waals surface area contributed by atoms with Gasteiger partial charge in [0.05, 0.1) is 18.6 Å². The maximum atomic E-state index is 12.2. The van der Waals surface area contributed by atoms with Crippen LogP contribution in [0.5, 0.6) is 5.75 Å². The van der Waals surface area contributed by atoms with Crippen LogP contribution < -0.4 is 10.1 Å². The van der Waals surface area contributed by atoms with E-state index in [0.29, 0.717) is 11.6 Å². The number of hydrogen-bond donors (Lipinski definition) is 1. The number of thiazole rings is 1. The molecular formula is C19H23N5O2S2. The lowest BCUT2D eigenvalue weighted by Gasteiger charge is -2.08. The van der Waals surface area contributed by atoms with Crippen LogP contribution >= 0.6 is 23.1 Å². The molecule has 0 aliphatic heterocycles. The zero-order valence-corrected chi connectivity index (χ0v) is 18.0. The smallest absolute Gasteiger partial charge is 0.236 e. The predicted octanol–water partition coefficient (Wildman–Crippen LogP) is 3.70. The van der Waals surface area contributed by atoms with Crippen LogP contribution in [0.4, 0.5) is 5.13 Å². The lowest BCUT2D eigenvalue weighted by molar-refractivity contribution is -0.113. The first-order chi connectivity index (χ1) is 13.5. The molecule has 1 aromatic carbocycles. The summed E-state index contributed by atoms with van der Waals surface area (Å²) in [5.74, 6) is 1.87. The number of amides is 1. The monoisotopic (exact) mass is 417 g/mol. The second kappa shape index (κ2) is 9.20. The van der Waals surface area contributed by atoms with E-state index in [-0.39, 0.29) is 11.7 Å². The number of hydrogen-bond acceptors (Lipinski definition) is 7. The molecule has 0 unspecified atom stereocenters. The van der Waals surface area contributed by atoms with Crippen LogP contribution in [0.2, 0.25) is 0 Å². The molecule has 7 nitrogen and oxygen atoms in total. The minimum absolute atomic E-state index is 0.0962. The summed E-state index contributed by atoms with van der Waals surface area (Å²) >= 11 is 2.87. The van der Waals surface area contributed by atoms with E-state index in [2.05, 4.69) is 20.5 Å². The van der Waals surface area contributed by atoms with Crippen molar-refractivity contribution in [2.75, 3.05) is 18.2 Å². The van der Waals surface area contributed by atoms with E-state index in [0.717, 1.165) is 39.4 Å². The fourth-order valence-corrected chi connectivity index (χ4v) is 4.26. The summed E-state index contributed by atoms with van der Waals surface area (Å²) in [7, 11) is 1.65. The quantitative estimate of drug-likeness (QED) is 0.563. The standard InChI is InChI=1S/C19H23N5O2S2/c1-5-24-16(10-14-6-8-15(26-4)9-7-14)22-23-19(24)27-11-17(25)21-18-20-12(2)13(3)28-18/h6-9H,5,10-11H2,1-4H3,(H,20,21,25). The molecule has 1 N–H and O–H groups in total. The minimum Gasteiger partial charge on any atom is -0.497 e. The number of anilines is 1. The van der Waals surface area contributed by atoms with Gasteiger partial charge in [0.25, 0.3) is 0 Å². The van der Waals surface area contributed by atoms with E-state index in [1.807, 2.05) is 49.6 Å². The van der Waals surface area contributed by atoms with Gasteiger partial charge in [-0.1, -0.05) is 23.9 Å². The Labute approximate surface area is 172 Å². The van der Waals surface area contributed by atoms with Crippen LogP contribution in [0.25, 0.3) is 0 Å². The topological polar surface area (TPSA) is 81.9 Å². The summed E-state index contributed by atoms with van der Waals surface area (Å²) in [6, 6.07) is 7.91. The number of thioether (sulfide) groups is 1. The average molecular weight is 418 g/mol. The third kappa shape index (κ3) is 4.90. The molecule has 0 fully saturated rings. The van der Waals surface area contributed by atoms with E-state index in [1.54, 1.807) is 7.11 Å². The van der Waals surface area contributed by atoms with Crippen LogP contribution in [-0.2, 0) is 17.8 Å². The van der Waals surface area contributed by atoms with E-state index < -0.39 is 0 Å². The van der Waals surface area contributed by atoms with Crippen molar-refractivity contribution in [1.82, 2.24) is 19.7 Å². The van der Waals surface area contributed by atoms with Crippen LogP contribution in [0.3, 0.4) is 0 Å². The molecule has 2 aromatic heterocycles. The largest absolute Gasteiger partial charge is 0.497 e. The van der Waals surface area contributed by atoms with Crippen molar-refractivity contribution in [3.63, 3.8) is 0 Å². The molecule has 28 heavy (non-hydrogen) atoms. The van der Waals surface area contributed by atoms with Crippen molar-refractivity contribution in [1.29, 1.82) is 0 Å². The molecule has 0 radical (unpaired) electrons. The van der Waals surface area contributed by atoms with Crippen molar-refractivity contribution in [3.05, 3.63) is 46.2 Å². The third-order valence-corrected chi connectivity index (χ3v) is 6.19. The summed E-state index contributed by atoms with van der Waals surface area (Å²) in [6.07, 6.45) is 0.676. The van der Waals surface area contributed by atoms with Crippen LogP contribution in [0.1, 0.15) is 28.9 Å². The molecule has 0 atom stereocenters. The third-order valence-electron chi connectivity index (χ3n) is 4.24. The van der Waals surface area contributed by atoms with Crippen LogP contribution in [0.15, 0.2) is 29.4 Å². The number of aryl methyl sites for hydroxylation is 2. The van der Waals surface area contributed by atoms with E-state index in [4.69, 9.17) is 4.74 Å². The first-order valence-electron chi connectivity index (χ1n) is 8.91. The lowest BCUT2D eigenvalue weighted by Crippen LogP contribution is -2.14. The van der Waals surface area contributed by atoms with Gasteiger partial charge < -0.3 is 14.6 Å². The molecule has 3 aromatic rings. The highest BCUT2D eigenvalue weighted by molar-refractivity contribution is 7.99. The molecule has 0 aliphatic rings. The molecule has 148 valence electrons. The molecule has 0 saturated heterocycles. The molecule has 0 spiro atoms. The van der Waals surface area contributed by atoms with Gasteiger partial charge in [0.2, 0.25) is 5.91 Å². The normalized spacial score (nSPS) is 10.9. The Balaban J connectivity index is 1.61. The molecule has 0 saturated carbocycles. The van der Waals surface area contributed by atoms with Gasteiger partial charge in [-0.2, -0.15) is 0 Å². The highest BCUT2D eigenvalue weighted by Gasteiger charge is 2.15. The SMILES string of the molecule is CCn1c(Cc2ccc(OC)cc2)nnc1SCC(=O)Nc1nc(C)c(C)s1. The number of rotatable bonds is 8. The van der Waals surface area contributed by atoms with Gasteiger partial charge in [-0.25, -0.2) is 4.98 Å². The second-order valence-corrected chi connectivity index (χ2v) is 8.31. The Morgan fingerprint density at radius 1 is 1.25 bits per heavy atom. The molecule has 0 aliphatic carbocycles. The first kappa shape index (κ1) is 20.3. The minimum atomic E-state index is -0.0962. The summed E-state index contributed by atoms with van der Waals surface area (Å²) in [6.45, 7) is 6.72. The summed E-state index contributed by atoms with van der Waals surface area (Å²) in [5.41, 5.74) is 2.08. The Kier molecular flexibility index (Phi) is 6.69. The molecular weight excluding hydrogens is 394 g/mol. The van der Waals surface area contributed by atoms with Crippen LogP contribution in [0, 0.1) is 13.8 Å². The Morgan fingerprint density at radius 2 is 2.00 bits per heavy atom. The second-order valence-electron chi connectivity index (χ2n) is 6.17. The van der Waals surface area contributed by atoms with Gasteiger partial charge >= 0.3 is 0 Å². The Hall–Kier alpha value is -2.39. The number of carbonyl (C=O) groups is 1. The van der Waals surface area contributed by atoms with Gasteiger partial charge in [-0.3, -0.25) is 4.79 Å². The molecule has 9 heteroatoms. The first-order valence-corrected chi connectivity index (χ1v) is 10.7. The maximum absolute atomic E-state index is 12.2. The molecule has 2 heterocycles. The number of methoxy groups -OCH3 is 1. The number of benzene rings is 1. The van der Waals surface area contributed by atoms with Gasteiger partial charge in [0.1, 0.15) is 11.6 Å². The van der Waals surface area contributed by atoms with Crippen LogP contribution in [-0.4, -0.2) is 38.5 Å². The van der Waals surface area contributed by atoms with Gasteiger partial charge in [0.15, 0.2) is 10.3 Å². The van der Waals surface area contributed by atoms with E-state index in [1.165, 1.54) is 23.1 Å². The number of nitrogens with zero attached hydrogens (tertiary/aromatic N) is 4. The van der Waals surface area contributed by atoms with Crippen molar-refractivity contribution in [3.8, 4) is 5.75 Å².